The SMILES string of the molecule is CCC(Sc1ccccn1)C(=O)Nc1ccc(C(C)=O)cc1. The summed E-state index contributed by atoms with van der Waals surface area (Å²) in [6.45, 7) is 3.49. The fourth-order valence-corrected chi connectivity index (χ4v) is 2.80. The number of Topliss-reactive ketones (excluding diaryl/α,β-unsaturated/α-hetero) is 1. The number of nitrogens with zero attached hydrogens (tertiary/aromatic N) is 1. The molecule has 1 atom stereocenters. The van der Waals surface area contributed by atoms with E-state index >= 15 is 0 Å². The van der Waals surface area contributed by atoms with Crippen LogP contribution < -0.4 is 5.32 Å². The van der Waals surface area contributed by atoms with Gasteiger partial charge in [-0.1, -0.05) is 24.8 Å². The predicted octanol–water partition coefficient (Wildman–Crippen LogP) is 3.79. The molecule has 0 fully saturated rings. The van der Waals surface area contributed by atoms with Crippen molar-refractivity contribution < 1.29 is 9.59 Å². The molecule has 1 aromatic carbocycles. The van der Waals surface area contributed by atoms with Gasteiger partial charge in [0.15, 0.2) is 5.78 Å². The minimum Gasteiger partial charge on any atom is -0.325 e. The lowest BCUT2D eigenvalue weighted by atomic mass is 10.1. The highest BCUT2D eigenvalue weighted by Gasteiger charge is 2.18. The Balaban J connectivity index is 2.01. The number of hydrogen-bond acceptors (Lipinski definition) is 4. The van der Waals surface area contributed by atoms with Crippen molar-refractivity contribution in [3.63, 3.8) is 0 Å². The number of anilines is 1. The van der Waals surface area contributed by atoms with Crippen LogP contribution in [0.3, 0.4) is 0 Å². The molecule has 1 unspecified atom stereocenters. The molecule has 0 saturated carbocycles. The number of carbonyl (C=O) groups excluding carboxylic acids is 2. The standard InChI is InChI=1S/C17H18N2O2S/c1-3-15(22-16-6-4-5-11-18-16)17(21)19-14-9-7-13(8-10-14)12(2)20/h4-11,15H,3H2,1-2H3,(H,19,21). The first kappa shape index (κ1) is 16.2. The average molecular weight is 314 g/mol. The lowest BCUT2D eigenvalue weighted by Gasteiger charge is -2.14. The molecule has 1 aromatic heterocycles. The molecule has 0 bridgehead atoms. The smallest absolute Gasteiger partial charge is 0.237 e. The Labute approximate surface area is 134 Å². The van der Waals surface area contributed by atoms with Gasteiger partial charge < -0.3 is 5.32 Å². The van der Waals surface area contributed by atoms with Gasteiger partial charge in [0.2, 0.25) is 5.91 Å². The topological polar surface area (TPSA) is 59.1 Å². The van der Waals surface area contributed by atoms with Gasteiger partial charge in [0, 0.05) is 17.4 Å². The van der Waals surface area contributed by atoms with Crippen molar-refractivity contribution in [3.8, 4) is 0 Å². The Bertz CT molecular complexity index is 641. The lowest BCUT2D eigenvalue weighted by Crippen LogP contribution is -2.24. The number of hydrogen-bond donors (Lipinski definition) is 1. The summed E-state index contributed by atoms with van der Waals surface area (Å²) in [4.78, 5) is 27.8. The van der Waals surface area contributed by atoms with Crippen LogP contribution in [0.15, 0.2) is 53.7 Å². The Hall–Kier alpha value is -2.14. The van der Waals surface area contributed by atoms with Crippen molar-refractivity contribution in [2.45, 2.75) is 30.5 Å². The molecule has 0 aliphatic rings. The van der Waals surface area contributed by atoms with Gasteiger partial charge in [0.05, 0.1) is 10.3 Å². The van der Waals surface area contributed by atoms with E-state index in [0.717, 1.165) is 5.03 Å². The summed E-state index contributed by atoms with van der Waals surface area (Å²) in [5.74, 6) is -0.0521. The van der Waals surface area contributed by atoms with E-state index in [2.05, 4.69) is 10.3 Å². The van der Waals surface area contributed by atoms with E-state index in [1.54, 1.807) is 30.5 Å². The molecule has 2 aromatic rings. The van der Waals surface area contributed by atoms with Crippen molar-refractivity contribution in [2.75, 3.05) is 5.32 Å². The summed E-state index contributed by atoms with van der Waals surface area (Å²) in [6.07, 6.45) is 2.42. The number of benzene rings is 1. The molecule has 114 valence electrons. The van der Waals surface area contributed by atoms with E-state index < -0.39 is 0 Å². The predicted molar refractivity (Wildman–Crippen MR) is 89.2 cm³/mol. The number of amides is 1. The Morgan fingerprint density at radius 2 is 1.91 bits per heavy atom. The molecule has 22 heavy (non-hydrogen) atoms. The van der Waals surface area contributed by atoms with E-state index in [1.165, 1.54) is 18.7 Å². The van der Waals surface area contributed by atoms with E-state index in [0.29, 0.717) is 17.7 Å². The molecule has 4 nitrogen and oxygen atoms in total. The maximum atomic E-state index is 12.3. The maximum Gasteiger partial charge on any atom is 0.237 e. The second-order valence-corrected chi connectivity index (χ2v) is 6.03. The van der Waals surface area contributed by atoms with Gasteiger partial charge in [-0.2, -0.15) is 0 Å². The molecule has 1 amide bonds. The highest BCUT2D eigenvalue weighted by Crippen LogP contribution is 2.24. The molecule has 0 saturated heterocycles. The maximum absolute atomic E-state index is 12.3. The Morgan fingerprint density at radius 1 is 1.18 bits per heavy atom. The minimum absolute atomic E-state index is 0.00928. The summed E-state index contributed by atoms with van der Waals surface area (Å²) in [6, 6.07) is 12.6. The van der Waals surface area contributed by atoms with Crippen molar-refractivity contribution in [1.82, 2.24) is 4.98 Å². The van der Waals surface area contributed by atoms with Crippen LogP contribution in [0.1, 0.15) is 30.6 Å². The van der Waals surface area contributed by atoms with Gasteiger partial charge in [0.25, 0.3) is 0 Å². The highest BCUT2D eigenvalue weighted by molar-refractivity contribution is 8.00. The number of thioether (sulfide) groups is 1. The van der Waals surface area contributed by atoms with Crippen molar-refractivity contribution in [2.24, 2.45) is 0 Å². The fourth-order valence-electron chi connectivity index (χ4n) is 1.90. The second-order valence-electron chi connectivity index (χ2n) is 4.81. The van der Waals surface area contributed by atoms with Gasteiger partial charge in [-0.05, 0) is 49.7 Å². The van der Waals surface area contributed by atoms with E-state index in [1.807, 2.05) is 25.1 Å². The summed E-state index contributed by atoms with van der Waals surface area (Å²) in [7, 11) is 0. The number of rotatable bonds is 6. The molecule has 1 N–H and O–H groups in total. The minimum atomic E-state index is -0.206. The molecular formula is C17H18N2O2S. The van der Waals surface area contributed by atoms with E-state index in [-0.39, 0.29) is 16.9 Å². The van der Waals surface area contributed by atoms with E-state index in [4.69, 9.17) is 0 Å². The molecule has 0 radical (unpaired) electrons. The zero-order chi connectivity index (χ0) is 15.9. The van der Waals surface area contributed by atoms with Gasteiger partial charge in [-0.15, -0.1) is 0 Å². The lowest BCUT2D eigenvalue weighted by molar-refractivity contribution is -0.115. The number of pyridine rings is 1. The van der Waals surface area contributed by atoms with Crippen LogP contribution in [0, 0.1) is 0 Å². The van der Waals surface area contributed by atoms with Crippen LogP contribution in [-0.4, -0.2) is 21.9 Å². The van der Waals surface area contributed by atoms with Crippen molar-refractivity contribution in [1.29, 1.82) is 0 Å². The van der Waals surface area contributed by atoms with Crippen LogP contribution >= 0.6 is 11.8 Å². The van der Waals surface area contributed by atoms with Gasteiger partial charge in [0.1, 0.15) is 0 Å². The molecule has 0 aliphatic carbocycles. The summed E-state index contributed by atoms with van der Waals surface area (Å²) >= 11 is 1.45. The first-order chi connectivity index (χ1) is 10.6. The quantitative estimate of drug-likeness (QED) is 0.651. The Morgan fingerprint density at radius 3 is 2.45 bits per heavy atom. The zero-order valence-corrected chi connectivity index (χ0v) is 13.4. The first-order valence-corrected chi connectivity index (χ1v) is 7.97. The molecule has 5 heteroatoms. The average Bonchev–Trinajstić information content (AvgIpc) is 2.54. The van der Waals surface area contributed by atoms with Gasteiger partial charge in [-0.3, -0.25) is 9.59 Å². The van der Waals surface area contributed by atoms with Crippen LogP contribution in [0.5, 0.6) is 0 Å². The summed E-state index contributed by atoms with van der Waals surface area (Å²) in [5, 5.41) is 3.50. The number of ketones is 1. The van der Waals surface area contributed by atoms with Gasteiger partial charge in [-0.25, -0.2) is 4.98 Å². The van der Waals surface area contributed by atoms with Crippen LogP contribution in [0.4, 0.5) is 5.69 Å². The number of carbonyl (C=O) groups is 2. The second kappa shape index (κ2) is 7.75. The van der Waals surface area contributed by atoms with Crippen LogP contribution in [0.25, 0.3) is 0 Å². The Kier molecular flexibility index (Phi) is 5.72. The molecule has 0 spiro atoms. The third-order valence-corrected chi connectivity index (χ3v) is 4.44. The monoisotopic (exact) mass is 314 g/mol. The van der Waals surface area contributed by atoms with Crippen molar-refractivity contribution >= 4 is 29.1 Å². The molecule has 1 heterocycles. The van der Waals surface area contributed by atoms with Gasteiger partial charge >= 0.3 is 0 Å². The highest BCUT2D eigenvalue weighted by atomic mass is 32.2. The fraction of sp³-hybridized carbons (Fsp3) is 0.235. The summed E-state index contributed by atoms with van der Waals surface area (Å²) in [5.41, 5.74) is 1.32. The zero-order valence-electron chi connectivity index (χ0n) is 12.6. The van der Waals surface area contributed by atoms with Crippen LogP contribution in [-0.2, 0) is 4.79 Å². The van der Waals surface area contributed by atoms with Crippen molar-refractivity contribution in [3.05, 3.63) is 54.2 Å². The normalized spacial score (nSPS) is 11.7. The third kappa shape index (κ3) is 4.43. The van der Waals surface area contributed by atoms with Crippen LogP contribution in [0.2, 0.25) is 0 Å². The molecule has 2 rings (SSSR count). The summed E-state index contributed by atoms with van der Waals surface area (Å²) < 4.78 is 0. The van der Waals surface area contributed by atoms with E-state index in [9.17, 15) is 9.59 Å². The largest absolute Gasteiger partial charge is 0.325 e. The molecule has 0 aliphatic heterocycles. The third-order valence-electron chi connectivity index (χ3n) is 3.12. The first-order valence-electron chi connectivity index (χ1n) is 7.09. The molecular weight excluding hydrogens is 296 g/mol. The number of aromatic nitrogens is 1. The number of nitrogens with one attached hydrogen (secondary N) is 1.